The van der Waals surface area contributed by atoms with Crippen molar-refractivity contribution in [2.24, 2.45) is 0 Å². The zero-order valence-corrected chi connectivity index (χ0v) is 7.82. The lowest BCUT2D eigenvalue weighted by Gasteiger charge is -2.10. The third-order valence-electron chi connectivity index (χ3n) is 2.21. The lowest BCUT2D eigenvalue weighted by Crippen LogP contribution is -2.15. The van der Waals surface area contributed by atoms with E-state index >= 15 is 0 Å². The highest BCUT2D eigenvalue weighted by Crippen LogP contribution is 2.33. The van der Waals surface area contributed by atoms with Gasteiger partial charge in [0.15, 0.2) is 11.5 Å². The molecule has 4 nitrogen and oxygen atoms in total. The van der Waals surface area contributed by atoms with E-state index in [1.807, 2.05) is 25.1 Å². The summed E-state index contributed by atoms with van der Waals surface area (Å²) in [5.74, 6) is 1.49. The van der Waals surface area contributed by atoms with Gasteiger partial charge < -0.3 is 14.8 Å². The van der Waals surface area contributed by atoms with E-state index in [0.717, 1.165) is 17.1 Å². The fourth-order valence-corrected chi connectivity index (χ4v) is 1.38. The molecule has 0 bridgehead atoms. The summed E-state index contributed by atoms with van der Waals surface area (Å²) in [4.78, 5) is 10.3. The molecule has 0 aromatic heterocycles. The first-order valence-electron chi connectivity index (χ1n) is 4.40. The molecule has 1 aliphatic rings. The molecule has 2 rings (SSSR count). The Hall–Kier alpha value is -1.71. The van der Waals surface area contributed by atoms with Crippen LogP contribution in [-0.4, -0.2) is 13.2 Å². The predicted molar refractivity (Wildman–Crippen MR) is 50.2 cm³/mol. The normalized spacial score (nSPS) is 14.9. The van der Waals surface area contributed by atoms with Gasteiger partial charge in [0.25, 0.3) is 0 Å². The molecule has 1 aromatic rings. The smallest absolute Gasteiger partial charge is 0.231 e. The Morgan fingerprint density at radius 1 is 1.43 bits per heavy atom. The molecule has 4 heteroatoms. The van der Waals surface area contributed by atoms with Gasteiger partial charge in [-0.1, -0.05) is 6.07 Å². The standard InChI is InChI=1S/C10H11NO3/c1-7(11-5-12)8-2-3-9-10(4-8)14-6-13-9/h2-5,7H,6H2,1H3,(H,11,12). The number of carbonyl (C=O) groups excluding carboxylic acids is 1. The zero-order valence-electron chi connectivity index (χ0n) is 7.82. The van der Waals surface area contributed by atoms with Gasteiger partial charge in [0.2, 0.25) is 13.2 Å². The minimum atomic E-state index is -0.0120. The first-order chi connectivity index (χ1) is 6.81. The van der Waals surface area contributed by atoms with Crippen molar-refractivity contribution >= 4 is 6.41 Å². The number of amides is 1. The second-order valence-corrected chi connectivity index (χ2v) is 3.12. The van der Waals surface area contributed by atoms with E-state index in [9.17, 15) is 4.79 Å². The van der Waals surface area contributed by atoms with Crippen LogP contribution in [0.15, 0.2) is 18.2 Å². The van der Waals surface area contributed by atoms with Gasteiger partial charge in [-0.3, -0.25) is 4.79 Å². The van der Waals surface area contributed by atoms with Crippen molar-refractivity contribution in [2.75, 3.05) is 6.79 Å². The van der Waals surface area contributed by atoms with Crippen molar-refractivity contribution in [1.82, 2.24) is 5.32 Å². The molecule has 1 unspecified atom stereocenters. The largest absolute Gasteiger partial charge is 0.454 e. The summed E-state index contributed by atoms with van der Waals surface area (Å²) in [7, 11) is 0. The summed E-state index contributed by atoms with van der Waals surface area (Å²) < 4.78 is 10.4. The van der Waals surface area contributed by atoms with Crippen LogP contribution >= 0.6 is 0 Å². The maximum Gasteiger partial charge on any atom is 0.231 e. The molecular formula is C10H11NO3. The van der Waals surface area contributed by atoms with Gasteiger partial charge in [0.05, 0.1) is 6.04 Å². The SMILES string of the molecule is CC(NC=O)c1ccc2c(c1)OCO2. The summed E-state index contributed by atoms with van der Waals surface area (Å²) in [5, 5.41) is 2.68. The molecule has 1 aliphatic heterocycles. The summed E-state index contributed by atoms with van der Waals surface area (Å²) in [6.45, 7) is 2.18. The van der Waals surface area contributed by atoms with Crippen molar-refractivity contribution in [3.05, 3.63) is 23.8 Å². The van der Waals surface area contributed by atoms with E-state index in [1.54, 1.807) is 0 Å². The molecule has 0 spiro atoms. The van der Waals surface area contributed by atoms with Crippen LogP contribution in [0.4, 0.5) is 0 Å². The highest BCUT2D eigenvalue weighted by molar-refractivity contribution is 5.50. The Balaban J connectivity index is 2.23. The number of nitrogens with one attached hydrogen (secondary N) is 1. The average Bonchev–Trinajstić information content (AvgIpc) is 2.64. The summed E-state index contributed by atoms with van der Waals surface area (Å²) in [5.41, 5.74) is 1.00. The molecule has 1 amide bonds. The maximum absolute atomic E-state index is 10.3. The number of rotatable bonds is 3. The molecule has 1 atom stereocenters. The summed E-state index contributed by atoms with van der Waals surface area (Å²) in [6.07, 6.45) is 0.690. The average molecular weight is 193 g/mol. The van der Waals surface area contributed by atoms with Crippen molar-refractivity contribution in [2.45, 2.75) is 13.0 Å². The van der Waals surface area contributed by atoms with Gasteiger partial charge in [-0.25, -0.2) is 0 Å². The Morgan fingerprint density at radius 2 is 2.21 bits per heavy atom. The van der Waals surface area contributed by atoms with E-state index in [4.69, 9.17) is 9.47 Å². The fraction of sp³-hybridized carbons (Fsp3) is 0.300. The van der Waals surface area contributed by atoms with Crippen molar-refractivity contribution in [1.29, 1.82) is 0 Å². The van der Waals surface area contributed by atoms with E-state index in [2.05, 4.69) is 5.32 Å². The molecule has 0 saturated carbocycles. The lowest BCUT2D eigenvalue weighted by atomic mass is 10.1. The third kappa shape index (κ3) is 1.51. The van der Waals surface area contributed by atoms with Crippen molar-refractivity contribution < 1.29 is 14.3 Å². The second kappa shape index (κ2) is 3.57. The predicted octanol–water partition coefficient (Wildman–Crippen LogP) is 1.22. The molecule has 0 aliphatic carbocycles. The number of carbonyl (C=O) groups is 1. The minimum Gasteiger partial charge on any atom is -0.454 e. The summed E-state index contributed by atoms with van der Waals surface area (Å²) >= 11 is 0. The Kier molecular flexibility index (Phi) is 2.26. The zero-order chi connectivity index (χ0) is 9.97. The van der Waals surface area contributed by atoms with E-state index < -0.39 is 0 Å². The van der Waals surface area contributed by atoms with Crippen LogP contribution in [-0.2, 0) is 4.79 Å². The van der Waals surface area contributed by atoms with Crippen LogP contribution in [0, 0.1) is 0 Å². The Labute approximate surface area is 81.8 Å². The molecule has 14 heavy (non-hydrogen) atoms. The molecule has 1 heterocycles. The molecule has 1 aromatic carbocycles. The van der Waals surface area contributed by atoms with Crippen LogP contribution in [0.1, 0.15) is 18.5 Å². The molecule has 0 fully saturated rings. The van der Waals surface area contributed by atoms with Crippen molar-refractivity contribution in [3.63, 3.8) is 0 Å². The van der Waals surface area contributed by atoms with E-state index in [0.29, 0.717) is 6.41 Å². The van der Waals surface area contributed by atoms with E-state index in [-0.39, 0.29) is 12.8 Å². The topological polar surface area (TPSA) is 47.6 Å². The van der Waals surface area contributed by atoms with Crippen LogP contribution in [0.5, 0.6) is 11.5 Å². The lowest BCUT2D eigenvalue weighted by molar-refractivity contribution is -0.110. The number of fused-ring (bicyclic) bond motifs is 1. The molecular weight excluding hydrogens is 182 g/mol. The Morgan fingerprint density at radius 3 is 3.00 bits per heavy atom. The number of hydrogen-bond donors (Lipinski definition) is 1. The van der Waals surface area contributed by atoms with Crippen LogP contribution in [0.2, 0.25) is 0 Å². The van der Waals surface area contributed by atoms with Gasteiger partial charge in [-0.2, -0.15) is 0 Å². The van der Waals surface area contributed by atoms with Gasteiger partial charge in [0, 0.05) is 0 Å². The molecule has 1 N–H and O–H groups in total. The fourth-order valence-electron chi connectivity index (χ4n) is 1.38. The first-order valence-corrected chi connectivity index (χ1v) is 4.40. The third-order valence-corrected chi connectivity index (χ3v) is 2.21. The van der Waals surface area contributed by atoms with Gasteiger partial charge >= 0.3 is 0 Å². The van der Waals surface area contributed by atoms with Gasteiger partial charge in [0.1, 0.15) is 0 Å². The van der Waals surface area contributed by atoms with Gasteiger partial charge in [-0.05, 0) is 24.6 Å². The maximum atomic E-state index is 10.3. The minimum absolute atomic E-state index is 0.0120. The van der Waals surface area contributed by atoms with Crippen molar-refractivity contribution in [3.8, 4) is 11.5 Å². The summed E-state index contributed by atoms with van der Waals surface area (Å²) in [6, 6.07) is 5.63. The van der Waals surface area contributed by atoms with Crippen LogP contribution in [0.3, 0.4) is 0 Å². The highest BCUT2D eigenvalue weighted by atomic mass is 16.7. The van der Waals surface area contributed by atoms with Crippen LogP contribution in [0.25, 0.3) is 0 Å². The van der Waals surface area contributed by atoms with E-state index in [1.165, 1.54) is 0 Å². The number of hydrogen-bond acceptors (Lipinski definition) is 3. The molecule has 0 radical (unpaired) electrons. The second-order valence-electron chi connectivity index (χ2n) is 3.12. The van der Waals surface area contributed by atoms with Gasteiger partial charge in [-0.15, -0.1) is 0 Å². The monoisotopic (exact) mass is 193 g/mol. The molecule has 74 valence electrons. The Bertz CT molecular complexity index is 351. The highest BCUT2D eigenvalue weighted by Gasteiger charge is 2.14. The quantitative estimate of drug-likeness (QED) is 0.734. The van der Waals surface area contributed by atoms with Crippen LogP contribution < -0.4 is 14.8 Å². The molecule has 0 saturated heterocycles. The first kappa shape index (κ1) is 8.87. The number of benzene rings is 1. The number of ether oxygens (including phenoxy) is 2.